The van der Waals surface area contributed by atoms with Gasteiger partial charge in [0.05, 0.1) is 35.6 Å². The summed E-state index contributed by atoms with van der Waals surface area (Å²) in [5.74, 6) is -1.70. The Hall–Kier alpha value is -3.83. The number of ketones is 1. The molecule has 0 saturated heterocycles. The lowest BCUT2D eigenvalue weighted by Gasteiger charge is -2.37. The summed E-state index contributed by atoms with van der Waals surface area (Å²) in [7, 11) is 0. The molecule has 150 valence electrons. The molecule has 0 spiro atoms. The van der Waals surface area contributed by atoms with Gasteiger partial charge in [0.25, 0.3) is 0 Å². The third kappa shape index (κ3) is 3.36. The molecule has 2 aromatic carbocycles. The average molecular weight is 405 g/mol. The lowest BCUT2D eigenvalue weighted by atomic mass is 9.99. The van der Waals surface area contributed by atoms with Crippen LogP contribution < -0.4 is 11.2 Å². The summed E-state index contributed by atoms with van der Waals surface area (Å²) in [6, 6.07) is 11.3. The minimum absolute atomic E-state index is 0.107. The van der Waals surface area contributed by atoms with E-state index < -0.39 is 17.7 Å². The van der Waals surface area contributed by atoms with Crippen LogP contribution in [0, 0.1) is 23.0 Å². The van der Waals surface area contributed by atoms with Crippen LogP contribution in [0.15, 0.2) is 64.8 Å². The number of rotatable bonds is 3. The van der Waals surface area contributed by atoms with E-state index >= 15 is 0 Å². The number of fused-ring (bicyclic) bond motifs is 1. The smallest absolute Gasteiger partial charge is 0.224 e. The molecule has 2 aromatic rings. The third-order valence-electron chi connectivity index (χ3n) is 4.97. The van der Waals surface area contributed by atoms with Gasteiger partial charge in [0.1, 0.15) is 11.6 Å². The highest BCUT2D eigenvalue weighted by Crippen LogP contribution is 2.32. The summed E-state index contributed by atoms with van der Waals surface area (Å²) in [5, 5.41) is 10.4. The van der Waals surface area contributed by atoms with Gasteiger partial charge >= 0.3 is 0 Å². The Morgan fingerprint density at radius 2 is 1.97 bits per heavy atom. The van der Waals surface area contributed by atoms with Gasteiger partial charge in [-0.05, 0) is 42.3 Å². The van der Waals surface area contributed by atoms with Crippen molar-refractivity contribution in [1.29, 1.82) is 5.26 Å². The van der Waals surface area contributed by atoms with Crippen molar-refractivity contribution in [3.63, 3.8) is 0 Å². The highest BCUT2D eigenvalue weighted by atomic mass is 19.1. The largest absolute Gasteiger partial charge is 0.319 e. The SMILES string of the molecule is CC1=C(c2ccc(F)cc2F)N2NC(C(N)c3ccc(C#N)cc3)=CC(=O)C2=NC1. The highest BCUT2D eigenvalue weighted by Gasteiger charge is 2.34. The number of hydrazine groups is 1. The van der Waals surface area contributed by atoms with Gasteiger partial charge in [-0.25, -0.2) is 13.8 Å². The number of amidine groups is 1. The lowest BCUT2D eigenvalue weighted by molar-refractivity contribution is -0.109. The summed E-state index contributed by atoms with van der Waals surface area (Å²) in [6.07, 6.45) is 1.36. The van der Waals surface area contributed by atoms with Crippen LogP contribution in [0.25, 0.3) is 5.70 Å². The van der Waals surface area contributed by atoms with Crippen molar-refractivity contribution in [2.45, 2.75) is 13.0 Å². The Morgan fingerprint density at radius 3 is 2.63 bits per heavy atom. The predicted molar refractivity (Wildman–Crippen MR) is 107 cm³/mol. The first-order valence-electron chi connectivity index (χ1n) is 9.17. The van der Waals surface area contributed by atoms with Crippen molar-refractivity contribution in [2.75, 3.05) is 6.54 Å². The number of benzene rings is 2. The minimum Gasteiger partial charge on any atom is -0.319 e. The first-order valence-corrected chi connectivity index (χ1v) is 9.17. The monoisotopic (exact) mass is 405 g/mol. The molecule has 0 radical (unpaired) electrons. The van der Waals surface area contributed by atoms with Crippen LogP contribution in [0.4, 0.5) is 8.78 Å². The van der Waals surface area contributed by atoms with Crippen molar-refractivity contribution in [3.8, 4) is 6.07 Å². The normalized spacial score (nSPS) is 16.9. The number of carbonyl (C=O) groups excluding carboxylic acids is 1. The molecule has 0 amide bonds. The van der Waals surface area contributed by atoms with Crippen LogP contribution in [0.5, 0.6) is 0 Å². The summed E-state index contributed by atoms with van der Waals surface area (Å²) < 4.78 is 27.9. The number of hydrogen-bond acceptors (Lipinski definition) is 6. The maximum Gasteiger partial charge on any atom is 0.224 e. The minimum atomic E-state index is -0.743. The molecule has 6 nitrogen and oxygen atoms in total. The second kappa shape index (κ2) is 7.54. The fourth-order valence-corrected chi connectivity index (χ4v) is 3.44. The number of hydrogen-bond donors (Lipinski definition) is 2. The van der Waals surface area contributed by atoms with Crippen LogP contribution in [0.3, 0.4) is 0 Å². The Kier molecular flexibility index (Phi) is 4.90. The van der Waals surface area contributed by atoms with Crippen molar-refractivity contribution < 1.29 is 13.6 Å². The molecule has 0 aromatic heterocycles. The predicted octanol–water partition coefficient (Wildman–Crippen LogP) is 2.95. The van der Waals surface area contributed by atoms with Gasteiger partial charge in [0.2, 0.25) is 5.78 Å². The number of carbonyl (C=O) groups is 1. The van der Waals surface area contributed by atoms with Gasteiger partial charge in [-0.2, -0.15) is 5.26 Å². The molecule has 2 aliphatic heterocycles. The first-order chi connectivity index (χ1) is 14.4. The molecular weight excluding hydrogens is 388 g/mol. The summed E-state index contributed by atoms with van der Waals surface area (Å²) in [4.78, 5) is 17.0. The molecule has 8 heteroatoms. The Bertz CT molecular complexity index is 1180. The number of nitriles is 1. The topological polar surface area (TPSA) is 94.5 Å². The van der Waals surface area contributed by atoms with Gasteiger partial charge in [-0.15, -0.1) is 0 Å². The molecule has 1 atom stereocenters. The molecule has 0 bridgehead atoms. The van der Waals surface area contributed by atoms with E-state index in [4.69, 9.17) is 11.0 Å². The fraction of sp³-hybridized carbons (Fsp3) is 0.136. The zero-order valence-corrected chi connectivity index (χ0v) is 16.0. The number of halogens is 2. The van der Waals surface area contributed by atoms with Gasteiger partial charge < -0.3 is 5.73 Å². The van der Waals surface area contributed by atoms with E-state index in [-0.39, 0.29) is 23.7 Å². The summed E-state index contributed by atoms with van der Waals surface area (Å²) in [6.45, 7) is 1.99. The van der Waals surface area contributed by atoms with E-state index in [2.05, 4.69) is 10.4 Å². The van der Waals surface area contributed by atoms with Crippen molar-refractivity contribution in [3.05, 3.63) is 88.1 Å². The van der Waals surface area contributed by atoms with Crippen LogP contribution >= 0.6 is 0 Å². The number of aliphatic imine (C=N–C) groups is 1. The van der Waals surface area contributed by atoms with E-state index in [0.29, 0.717) is 28.1 Å². The van der Waals surface area contributed by atoms with E-state index in [0.717, 1.165) is 12.1 Å². The van der Waals surface area contributed by atoms with Crippen molar-refractivity contribution in [1.82, 2.24) is 10.4 Å². The molecule has 4 rings (SSSR count). The van der Waals surface area contributed by atoms with Crippen LogP contribution in [0.1, 0.15) is 29.7 Å². The Balaban J connectivity index is 1.72. The zero-order chi connectivity index (χ0) is 21.4. The Morgan fingerprint density at radius 1 is 1.23 bits per heavy atom. The molecule has 3 N–H and O–H groups in total. The van der Waals surface area contributed by atoms with Gasteiger partial charge in [0, 0.05) is 17.7 Å². The Labute approximate surface area is 171 Å². The summed E-state index contributed by atoms with van der Waals surface area (Å²) >= 11 is 0. The van der Waals surface area contributed by atoms with Gasteiger partial charge in [-0.1, -0.05) is 12.1 Å². The fourth-order valence-electron chi connectivity index (χ4n) is 3.44. The highest BCUT2D eigenvalue weighted by molar-refractivity contribution is 6.45. The third-order valence-corrected chi connectivity index (χ3v) is 4.97. The second-order valence-corrected chi connectivity index (χ2v) is 7.02. The van der Waals surface area contributed by atoms with E-state index in [1.54, 1.807) is 31.2 Å². The maximum absolute atomic E-state index is 14.5. The molecular formula is C22H17F2N5O. The number of nitrogens with zero attached hydrogens (tertiary/aromatic N) is 3. The number of nitrogens with two attached hydrogens (primary N) is 1. The summed E-state index contributed by atoms with van der Waals surface area (Å²) in [5.41, 5.74) is 12.2. The molecule has 1 unspecified atom stereocenters. The zero-order valence-electron chi connectivity index (χ0n) is 16.0. The van der Waals surface area contributed by atoms with E-state index in [9.17, 15) is 13.6 Å². The second-order valence-electron chi connectivity index (χ2n) is 7.02. The molecule has 0 fully saturated rings. The molecule has 0 aliphatic carbocycles. The average Bonchev–Trinajstić information content (AvgIpc) is 2.74. The molecule has 2 heterocycles. The molecule has 0 saturated carbocycles. The maximum atomic E-state index is 14.5. The lowest BCUT2D eigenvalue weighted by Crippen LogP contribution is -2.51. The van der Waals surface area contributed by atoms with Crippen LogP contribution in [-0.2, 0) is 4.79 Å². The number of nitrogens with one attached hydrogen (secondary N) is 1. The standard InChI is InChI=1S/C22H17F2N5O/c1-12-11-27-22-19(30)9-18(20(26)14-4-2-13(10-25)3-5-14)28-29(22)21(12)16-7-6-15(23)8-17(16)24/h2-9,20,28H,11,26H2,1H3. The van der Waals surface area contributed by atoms with Crippen molar-refractivity contribution in [2.24, 2.45) is 10.7 Å². The van der Waals surface area contributed by atoms with E-state index in [1.165, 1.54) is 17.2 Å². The first kappa shape index (κ1) is 19.5. The quantitative estimate of drug-likeness (QED) is 0.819. The molecule has 30 heavy (non-hydrogen) atoms. The van der Waals surface area contributed by atoms with Crippen LogP contribution in [0.2, 0.25) is 0 Å². The van der Waals surface area contributed by atoms with Gasteiger partial charge in [0.15, 0.2) is 5.84 Å². The van der Waals surface area contributed by atoms with E-state index in [1.807, 2.05) is 6.07 Å². The van der Waals surface area contributed by atoms with Crippen LogP contribution in [-0.4, -0.2) is 23.2 Å². The molecule has 2 aliphatic rings. The van der Waals surface area contributed by atoms with Gasteiger partial charge in [-0.3, -0.25) is 15.2 Å². The van der Waals surface area contributed by atoms with Crippen molar-refractivity contribution >= 4 is 17.3 Å².